The van der Waals surface area contributed by atoms with Crippen LogP contribution in [0.3, 0.4) is 0 Å². The van der Waals surface area contributed by atoms with Crippen LogP contribution in [0.15, 0.2) is 17.3 Å². The average molecular weight is 390 g/mol. The smallest absolute Gasteiger partial charge is 0.273 e. The van der Waals surface area contributed by atoms with Crippen LogP contribution in [-0.4, -0.2) is 63.7 Å². The zero-order chi connectivity index (χ0) is 20.1. The Morgan fingerprint density at radius 2 is 2.21 bits per heavy atom. The Kier molecular flexibility index (Phi) is 6.88. The summed E-state index contributed by atoms with van der Waals surface area (Å²) in [6, 6.07) is 0.259. The number of amides is 1. The fraction of sp³-hybridized carbons (Fsp3) is 0.762. The van der Waals surface area contributed by atoms with E-state index in [1.165, 1.54) is 19.3 Å². The molecule has 1 aliphatic carbocycles. The highest BCUT2D eigenvalue weighted by Gasteiger charge is 2.29. The summed E-state index contributed by atoms with van der Waals surface area (Å²) in [5.74, 6) is -0.282. The summed E-state index contributed by atoms with van der Waals surface area (Å²) in [4.78, 5) is 14.5. The first-order chi connectivity index (χ1) is 13.4. The molecule has 1 aliphatic heterocycles. The molecule has 1 atom stereocenters. The molecule has 0 bridgehead atoms. The van der Waals surface area contributed by atoms with Gasteiger partial charge in [0, 0.05) is 19.6 Å². The molecule has 1 amide bonds. The van der Waals surface area contributed by atoms with Crippen molar-refractivity contribution in [3.63, 3.8) is 0 Å². The topological polar surface area (TPSA) is 83.3 Å². The minimum absolute atomic E-state index is 0.0792. The number of carbonyl (C=O) groups is 1. The molecule has 2 aliphatic rings. The van der Waals surface area contributed by atoms with Crippen LogP contribution < -0.4 is 5.32 Å². The molecule has 2 N–H and O–H groups in total. The van der Waals surface area contributed by atoms with E-state index in [0.717, 1.165) is 38.9 Å². The van der Waals surface area contributed by atoms with E-state index in [1.807, 2.05) is 4.68 Å². The number of piperidine rings is 1. The van der Waals surface area contributed by atoms with Crippen molar-refractivity contribution in [2.24, 2.45) is 5.41 Å². The van der Waals surface area contributed by atoms with Gasteiger partial charge in [-0.3, -0.25) is 4.79 Å². The summed E-state index contributed by atoms with van der Waals surface area (Å²) >= 11 is 0. The molecule has 2 heterocycles. The van der Waals surface area contributed by atoms with E-state index >= 15 is 0 Å². The minimum atomic E-state index is -0.282. The van der Waals surface area contributed by atoms with Crippen LogP contribution in [0.2, 0.25) is 0 Å². The van der Waals surface area contributed by atoms with E-state index in [0.29, 0.717) is 11.1 Å². The molecule has 1 saturated heterocycles. The number of hydrogen-bond donors (Lipinski definition) is 2. The number of nitrogens with one attached hydrogen (secondary N) is 1. The third-order valence-electron chi connectivity index (χ3n) is 6.36. The number of aliphatic hydroxyl groups excluding tert-OH is 1. The monoisotopic (exact) mass is 389 g/mol. The van der Waals surface area contributed by atoms with E-state index in [1.54, 1.807) is 17.3 Å². The van der Waals surface area contributed by atoms with Gasteiger partial charge >= 0.3 is 0 Å². The van der Waals surface area contributed by atoms with E-state index in [-0.39, 0.29) is 25.1 Å². The number of aromatic nitrogens is 3. The summed E-state index contributed by atoms with van der Waals surface area (Å²) in [6.07, 6.45) is 8.94. The first kappa shape index (κ1) is 21.0. The molecule has 1 aromatic heterocycles. The molecule has 156 valence electrons. The molecule has 7 heteroatoms. The maximum absolute atomic E-state index is 12.0. The average Bonchev–Trinajstić information content (AvgIpc) is 3.16. The molecular weight excluding hydrogens is 354 g/mol. The molecule has 1 unspecified atom stereocenters. The zero-order valence-corrected chi connectivity index (χ0v) is 17.6. The highest BCUT2D eigenvalue weighted by molar-refractivity contribution is 5.91. The van der Waals surface area contributed by atoms with E-state index in [9.17, 15) is 4.79 Å². The van der Waals surface area contributed by atoms with Crippen molar-refractivity contribution in [1.29, 1.82) is 0 Å². The third-order valence-corrected chi connectivity index (χ3v) is 6.36. The van der Waals surface area contributed by atoms with Gasteiger partial charge < -0.3 is 15.3 Å². The largest absolute Gasteiger partial charge is 0.395 e. The Balaban J connectivity index is 1.57. The van der Waals surface area contributed by atoms with Gasteiger partial charge in [-0.1, -0.05) is 30.2 Å². The van der Waals surface area contributed by atoms with Crippen molar-refractivity contribution in [2.45, 2.75) is 65.3 Å². The summed E-state index contributed by atoms with van der Waals surface area (Å²) in [7, 11) is 0. The molecule has 3 rings (SSSR count). The standard InChI is InChI=1S/C21H35N5O2/c1-16-6-4-9-21(2,3)18(16)8-12-25-11-5-7-17(14-25)26-15-19(23-24-26)20(28)22-10-13-27/h15,17,27H,4-14H2,1-3H3,(H,22,28). The SMILES string of the molecule is CC1=C(CCN2CCCC(n3cc(C(=O)NCCO)nn3)C2)C(C)(C)CCC1. The number of allylic oxidation sites excluding steroid dienone is 1. The molecule has 0 spiro atoms. The maximum Gasteiger partial charge on any atom is 0.273 e. The highest BCUT2D eigenvalue weighted by atomic mass is 16.3. The van der Waals surface area contributed by atoms with Gasteiger partial charge in [0.2, 0.25) is 0 Å². The second-order valence-corrected chi connectivity index (χ2v) is 8.91. The molecule has 0 saturated carbocycles. The maximum atomic E-state index is 12.0. The Morgan fingerprint density at radius 3 is 2.96 bits per heavy atom. The van der Waals surface area contributed by atoms with E-state index in [2.05, 4.69) is 41.3 Å². The van der Waals surface area contributed by atoms with Crippen LogP contribution in [0.1, 0.15) is 75.8 Å². The lowest BCUT2D eigenvalue weighted by Gasteiger charge is -2.37. The lowest BCUT2D eigenvalue weighted by molar-refractivity contribution is 0.0939. The van der Waals surface area contributed by atoms with Gasteiger partial charge in [0.05, 0.1) is 18.8 Å². The van der Waals surface area contributed by atoms with Crippen molar-refractivity contribution < 1.29 is 9.90 Å². The van der Waals surface area contributed by atoms with Gasteiger partial charge in [0.1, 0.15) is 0 Å². The van der Waals surface area contributed by atoms with Gasteiger partial charge in [-0.25, -0.2) is 4.68 Å². The predicted molar refractivity (Wildman–Crippen MR) is 109 cm³/mol. The zero-order valence-electron chi connectivity index (χ0n) is 17.6. The van der Waals surface area contributed by atoms with Crippen LogP contribution in [-0.2, 0) is 0 Å². The van der Waals surface area contributed by atoms with Crippen molar-refractivity contribution in [2.75, 3.05) is 32.8 Å². The quantitative estimate of drug-likeness (QED) is 0.700. The minimum Gasteiger partial charge on any atom is -0.395 e. The molecule has 28 heavy (non-hydrogen) atoms. The predicted octanol–water partition coefficient (Wildman–Crippen LogP) is 2.55. The normalized spacial score (nSPS) is 23.1. The second kappa shape index (κ2) is 9.18. The summed E-state index contributed by atoms with van der Waals surface area (Å²) in [5, 5.41) is 19.7. The van der Waals surface area contributed by atoms with Gasteiger partial charge in [0.15, 0.2) is 5.69 Å². The summed E-state index contributed by atoms with van der Waals surface area (Å²) in [5.41, 5.74) is 3.90. The number of aliphatic hydroxyl groups is 1. The third kappa shape index (κ3) is 5.00. The van der Waals surface area contributed by atoms with Crippen molar-refractivity contribution in [3.05, 3.63) is 23.0 Å². The van der Waals surface area contributed by atoms with Crippen LogP contribution in [0.4, 0.5) is 0 Å². The molecule has 0 aromatic carbocycles. The Hall–Kier alpha value is -1.73. The molecule has 1 aromatic rings. The number of carbonyl (C=O) groups excluding carboxylic acids is 1. The van der Waals surface area contributed by atoms with Crippen LogP contribution in [0.5, 0.6) is 0 Å². The van der Waals surface area contributed by atoms with Gasteiger partial charge in [-0.05, 0) is 57.4 Å². The summed E-state index contributed by atoms with van der Waals surface area (Å²) < 4.78 is 1.84. The fourth-order valence-electron chi connectivity index (χ4n) is 4.77. The highest BCUT2D eigenvalue weighted by Crippen LogP contribution is 2.41. The fourth-order valence-corrected chi connectivity index (χ4v) is 4.77. The number of hydrogen-bond acceptors (Lipinski definition) is 5. The Labute approximate surface area is 168 Å². The first-order valence-corrected chi connectivity index (χ1v) is 10.6. The molecular formula is C21H35N5O2. The summed E-state index contributed by atoms with van der Waals surface area (Å²) in [6.45, 7) is 10.4. The Morgan fingerprint density at radius 1 is 1.39 bits per heavy atom. The van der Waals surface area contributed by atoms with E-state index < -0.39 is 0 Å². The molecule has 0 radical (unpaired) electrons. The number of nitrogens with zero attached hydrogens (tertiary/aromatic N) is 4. The van der Waals surface area contributed by atoms with Gasteiger partial charge in [-0.15, -0.1) is 5.10 Å². The number of likely N-dealkylation sites (tertiary alicyclic amines) is 1. The first-order valence-electron chi connectivity index (χ1n) is 10.6. The Bertz CT molecular complexity index is 709. The van der Waals surface area contributed by atoms with Crippen molar-refractivity contribution in [1.82, 2.24) is 25.2 Å². The van der Waals surface area contributed by atoms with Crippen molar-refractivity contribution >= 4 is 5.91 Å². The van der Waals surface area contributed by atoms with Crippen LogP contribution in [0.25, 0.3) is 0 Å². The lowest BCUT2D eigenvalue weighted by atomic mass is 9.71. The number of rotatable bonds is 7. The van der Waals surface area contributed by atoms with Crippen LogP contribution >= 0.6 is 0 Å². The van der Waals surface area contributed by atoms with Crippen LogP contribution in [0, 0.1) is 5.41 Å². The molecule has 7 nitrogen and oxygen atoms in total. The van der Waals surface area contributed by atoms with Gasteiger partial charge in [0.25, 0.3) is 5.91 Å². The second-order valence-electron chi connectivity index (χ2n) is 8.91. The lowest BCUT2D eigenvalue weighted by Crippen LogP contribution is -2.38. The van der Waals surface area contributed by atoms with Crippen molar-refractivity contribution in [3.8, 4) is 0 Å². The van der Waals surface area contributed by atoms with Gasteiger partial charge in [-0.2, -0.15) is 0 Å². The molecule has 1 fully saturated rings. The van der Waals surface area contributed by atoms with E-state index in [4.69, 9.17) is 5.11 Å².